The number of nitrogens with zero attached hydrogens (tertiary/aromatic N) is 5. The Labute approximate surface area is 148 Å². The molecule has 13 heteroatoms. The highest BCUT2D eigenvalue weighted by Gasteiger charge is 2.40. The lowest BCUT2D eigenvalue weighted by molar-refractivity contribution is -0.147. The van der Waals surface area contributed by atoms with Gasteiger partial charge in [-0.05, 0) is 12.8 Å². The topological polar surface area (TPSA) is 89.7 Å². The summed E-state index contributed by atoms with van der Waals surface area (Å²) < 4.78 is 73.0. The van der Waals surface area contributed by atoms with Crippen molar-refractivity contribution < 1.29 is 26.3 Å². The van der Waals surface area contributed by atoms with Crippen LogP contribution in [-0.4, -0.2) is 70.8 Å². The van der Waals surface area contributed by atoms with Crippen molar-refractivity contribution in [2.45, 2.75) is 25.1 Å². The number of morpholine rings is 1. The van der Waals surface area contributed by atoms with Gasteiger partial charge in [-0.15, -0.1) is 5.10 Å². The molecule has 0 atom stereocenters. The largest absolute Gasteiger partial charge is 0.451 e. The number of halogens is 3. The SMILES string of the molecule is Cn1c(C(F)(F)F)nn(C2CCN(S(=O)(=O)N3CCOCC3)CC2)c1=O. The summed E-state index contributed by atoms with van der Waals surface area (Å²) in [6.07, 6.45) is -4.28. The molecule has 0 spiro atoms. The normalized spacial score (nSPS) is 22.0. The highest BCUT2D eigenvalue weighted by molar-refractivity contribution is 7.86. The number of hydrogen-bond acceptors (Lipinski definition) is 5. The van der Waals surface area contributed by atoms with Crippen LogP contribution in [0.5, 0.6) is 0 Å². The fourth-order valence-corrected chi connectivity index (χ4v) is 4.81. The second-order valence-electron chi connectivity index (χ2n) is 6.26. The van der Waals surface area contributed by atoms with E-state index >= 15 is 0 Å². The fraction of sp³-hybridized carbons (Fsp3) is 0.846. The molecule has 2 aliphatic rings. The first kappa shape index (κ1) is 19.3. The molecular formula is C13H20F3N5O4S. The van der Waals surface area contributed by atoms with Crippen molar-refractivity contribution in [1.82, 2.24) is 23.0 Å². The zero-order valence-electron chi connectivity index (χ0n) is 14.1. The molecule has 0 amide bonds. The lowest BCUT2D eigenvalue weighted by Crippen LogP contribution is -2.51. The van der Waals surface area contributed by atoms with Crippen LogP contribution in [0.4, 0.5) is 13.2 Å². The molecule has 0 bridgehead atoms. The van der Waals surface area contributed by atoms with E-state index in [0.717, 1.165) is 11.7 Å². The molecule has 0 aromatic carbocycles. The van der Waals surface area contributed by atoms with Gasteiger partial charge in [-0.3, -0.25) is 4.57 Å². The minimum Gasteiger partial charge on any atom is -0.379 e. The van der Waals surface area contributed by atoms with Gasteiger partial charge in [0.25, 0.3) is 10.2 Å². The van der Waals surface area contributed by atoms with E-state index in [1.54, 1.807) is 0 Å². The molecule has 0 saturated carbocycles. The zero-order chi connectivity index (χ0) is 19.1. The molecule has 148 valence electrons. The number of rotatable bonds is 3. The zero-order valence-corrected chi connectivity index (χ0v) is 15.0. The molecule has 9 nitrogen and oxygen atoms in total. The third-order valence-electron chi connectivity index (χ3n) is 4.65. The third kappa shape index (κ3) is 3.52. The molecule has 0 unspecified atom stereocenters. The Hall–Kier alpha value is -1.44. The quantitative estimate of drug-likeness (QED) is 0.703. The molecule has 26 heavy (non-hydrogen) atoms. The average molecular weight is 399 g/mol. The number of hydrogen-bond donors (Lipinski definition) is 0. The lowest BCUT2D eigenvalue weighted by Gasteiger charge is -2.35. The Kier molecular flexibility index (Phi) is 5.16. The van der Waals surface area contributed by atoms with Crippen molar-refractivity contribution in [3.05, 3.63) is 16.3 Å². The average Bonchev–Trinajstić information content (AvgIpc) is 2.91. The van der Waals surface area contributed by atoms with Crippen molar-refractivity contribution in [2.75, 3.05) is 39.4 Å². The third-order valence-corrected chi connectivity index (χ3v) is 6.68. The molecule has 1 aromatic heterocycles. The van der Waals surface area contributed by atoms with Crippen LogP contribution < -0.4 is 5.69 Å². The van der Waals surface area contributed by atoms with Gasteiger partial charge in [0, 0.05) is 33.2 Å². The van der Waals surface area contributed by atoms with Crippen molar-refractivity contribution >= 4 is 10.2 Å². The first-order valence-corrected chi connectivity index (χ1v) is 9.58. The summed E-state index contributed by atoms with van der Waals surface area (Å²) in [4.78, 5) is 12.1. The van der Waals surface area contributed by atoms with E-state index in [1.165, 1.54) is 8.61 Å². The summed E-state index contributed by atoms with van der Waals surface area (Å²) in [7, 11) is -2.61. The molecule has 3 heterocycles. The Morgan fingerprint density at radius 3 is 2.12 bits per heavy atom. The van der Waals surface area contributed by atoms with Gasteiger partial charge in [-0.1, -0.05) is 0 Å². The molecule has 2 fully saturated rings. The lowest BCUT2D eigenvalue weighted by atomic mass is 10.1. The monoisotopic (exact) mass is 399 g/mol. The van der Waals surface area contributed by atoms with E-state index in [0.29, 0.717) is 17.8 Å². The van der Waals surface area contributed by atoms with E-state index in [4.69, 9.17) is 4.74 Å². The fourth-order valence-electron chi connectivity index (χ4n) is 3.20. The van der Waals surface area contributed by atoms with Crippen LogP contribution in [0.25, 0.3) is 0 Å². The van der Waals surface area contributed by atoms with Crippen LogP contribution in [0.2, 0.25) is 0 Å². The second kappa shape index (κ2) is 6.94. The van der Waals surface area contributed by atoms with Crippen LogP contribution in [0.15, 0.2) is 4.79 Å². The Bertz CT molecular complexity index is 805. The van der Waals surface area contributed by atoms with E-state index in [2.05, 4.69) is 5.10 Å². The summed E-state index contributed by atoms with van der Waals surface area (Å²) in [5.41, 5.74) is -0.855. The molecule has 0 N–H and O–H groups in total. The molecule has 2 aliphatic heterocycles. The smallest absolute Gasteiger partial charge is 0.379 e. The second-order valence-corrected chi connectivity index (χ2v) is 8.19. The van der Waals surface area contributed by atoms with E-state index in [9.17, 15) is 26.4 Å². The number of piperidine rings is 1. The minimum atomic E-state index is -4.72. The van der Waals surface area contributed by atoms with Crippen molar-refractivity contribution in [2.24, 2.45) is 7.05 Å². The highest BCUT2D eigenvalue weighted by Crippen LogP contribution is 2.28. The Balaban J connectivity index is 1.72. The summed E-state index contributed by atoms with van der Waals surface area (Å²) in [6.45, 7) is 1.45. The molecule has 2 saturated heterocycles. The molecule has 3 rings (SSSR count). The number of aromatic nitrogens is 3. The predicted octanol–water partition coefficient (Wildman–Crippen LogP) is -0.185. The minimum absolute atomic E-state index is 0.120. The number of ether oxygens (including phenoxy) is 1. The van der Waals surface area contributed by atoms with Gasteiger partial charge in [0.2, 0.25) is 5.82 Å². The first-order chi connectivity index (χ1) is 12.1. The van der Waals surface area contributed by atoms with Gasteiger partial charge in [-0.2, -0.15) is 30.2 Å². The maximum atomic E-state index is 12.9. The van der Waals surface area contributed by atoms with Gasteiger partial charge in [0.1, 0.15) is 0 Å². The summed E-state index contributed by atoms with van der Waals surface area (Å²) in [6, 6.07) is -0.569. The Morgan fingerprint density at radius 2 is 1.62 bits per heavy atom. The molecular weight excluding hydrogens is 379 g/mol. The summed E-state index contributed by atoms with van der Waals surface area (Å²) in [5, 5.41) is 3.43. The van der Waals surface area contributed by atoms with Gasteiger partial charge in [0.05, 0.1) is 19.3 Å². The van der Waals surface area contributed by atoms with Gasteiger partial charge in [-0.25, -0.2) is 9.48 Å². The van der Waals surface area contributed by atoms with Crippen LogP contribution in [-0.2, 0) is 28.2 Å². The maximum absolute atomic E-state index is 12.9. The van der Waals surface area contributed by atoms with Gasteiger partial charge >= 0.3 is 11.9 Å². The van der Waals surface area contributed by atoms with E-state index < -0.39 is 33.9 Å². The molecule has 0 aliphatic carbocycles. The van der Waals surface area contributed by atoms with Crippen LogP contribution >= 0.6 is 0 Å². The van der Waals surface area contributed by atoms with E-state index in [1.807, 2.05) is 0 Å². The van der Waals surface area contributed by atoms with E-state index in [-0.39, 0.29) is 39.0 Å². The highest BCUT2D eigenvalue weighted by atomic mass is 32.2. The van der Waals surface area contributed by atoms with Crippen LogP contribution in [0, 0.1) is 0 Å². The standard InChI is InChI=1S/C13H20F3N5O4S/c1-18-11(13(14,15)16)17-21(12(18)22)10-2-4-19(5-3-10)26(23,24)20-6-8-25-9-7-20/h10H,2-9H2,1H3. The van der Waals surface area contributed by atoms with Gasteiger partial charge in [0.15, 0.2) is 0 Å². The number of alkyl halides is 3. The predicted molar refractivity (Wildman–Crippen MR) is 83.6 cm³/mol. The summed E-state index contributed by atoms with van der Waals surface area (Å²) >= 11 is 0. The molecule has 1 aromatic rings. The maximum Gasteiger partial charge on any atom is 0.451 e. The van der Waals surface area contributed by atoms with Crippen molar-refractivity contribution in [3.8, 4) is 0 Å². The van der Waals surface area contributed by atoms with Crippen molar-refractivity contribution in [3.63, 3.8) is 0 Å². The molecule has 0 radical (unpaired) electrons. The van der Waals surface area contributed by atoms with Crippen LogP contribution in [0.3, 0.4) is 0 Å². The summed E-state index contributed by atoms with van der Waals surface area (Å²) in [5.74, 6) is -1.26. The van der Waals surface area contributed by atoms with Crippen molar-refractivity contribution in [1.29, 1.82) is 0 Å². The van der Waals surface area contributed by atoms with Crippen LogP contribution in [0.1, 0.15) is 24.7 Å². The Morgan fingerprint density at radius 1 is 1.08 bits per heavy atom. The first-order valence-electron chi connectivity index (χ1n) is 8.18. The van der Waals surface area contributed by atoms with Gasteiger partial charge < -0.3 is 4.74 Å².